The second kappa shape index (κ2) is 8.91. The number of carbonyl (C=O) groups excluding carboxylic acids is 1. The zero-order valence-corrected chi connectivity index (χ0v) is 16.5. The highest BCUT2D eigenvalue weighted by molar-refractivity contribution is 7.92. The Labute approximate surface area is 169 Å². The van der Waals surface area contributed by atoms with Crippen molar-refractivity contribution in [1.82, 2.24) is 5.32 Å². The van der Waals surface area contributed by atoms with E-state index in [1.807, 2.05) is 30.3 Å². The van der Waals surface area contributed by atoms with Crippen molar-refractivity contribution in [3.8, 4) is 0 Å². The topological polar surface area (TPSA) is 75.3 Å². The number of anilines is 1. The van der Waals surface area contributed by atoms with Crippen LogP contribution in [0.4, 0.5) is 5.69 Å². The van der Waals surface area contributed by atoms with E-state index in [0.717, 1.165) is 12.0 Å². The first-order valence-electron chi connectivity index (χ1n) is 8.65. The number of carbonyl (C=O) groups is 1. The highest BCUT2D eigenvalue weighted by Crippen LogP contribution is 2.25. The van der Waals surface area contributed by atoms with Crippen molar-refractivity contribution in [3.63, 3.8) is 0 Å². The van der Waals surface area contributed by atoms with E-state index >= 15 is 0 Å². The first-order valence-corrected chi connectivity index (χ1v) is 10.5. The van der Waals surface area contributed by atoms with E-state index in [1.54, 1.807) is 18.2 Å². The summed E-state index contributed by atoms with van der Waals surface area (Å²) in [5.41, 5.74) is 1.71. The number of hydrogen-bond acceptors (Lipinski definition) is 3. The van der Waals surface area contributed by atoms with Gasteiger partial charge in [-0.15, -0.1) is 0 Å². The third kappa shape index (κ3) is 5.12. The maximum absolute atomic E-state index is 12.4. The second-order valence-corrected chi connectivity index (χ2v) is 8.19. The Balaban J connectivity index is 1.64. The summed E-state index contributed by atoms with van der Waals surface area (Å²) in [6.07, 6.45) is 0.718. The molecule has 3 aromatic rings. The molecule has 5 nitrogen and oxygen atoms in total. The van der Waals surface area contributed by atoms with Crippen molar-refractivity contribution in [2.75, 3.05) is 11.3 Å². The summed E-state index contributed by atoms with van der Waals surface area (Å²) in [6.45, 7) is 0.489. The standard InChI is InChI=1S/C21H19ClN2O3S/c22-19-15-17(21(25)23-14-13-16-7-3-1-4-8-16)11-12-20(19)24-28(26,27)18-9-5-2-6-10-18/h1-12,15,24H,13-14H2,(H,23,25). The van der Waals surface area contributed by atoms with Crippen LogP contribution in [0.3, 0.4) is 0 Å². The predicted molar refractivity (Wildman–Crippen MR) is 111 cm³/mol. The lowest BCUT2D eigenvalue weighted by molar-refractivity contribution is 0.0954. The SMILES string of the molecule is O=C(NCCc1ccccc1)c1ccc(NS(=O)(=O)c2ccccc2)c(Cl)c1. The van der Waals surface area contributed by atoms with Crippen LogP contribution in [0.5, 0.6) is 0 Å². The summed E-state index contributed by atoms with van der Waals surface area (Å²) < 4.78 is 27.2. The maximum Gasteiger partial charge on any atom is 0.261 e. The lowest BCUT2D eigenvalue weighted by atomic mass is 10.1. The van der Waals surface area contributed by atoms with Crippen LogP contribution >= 0.6 is 11.6 Å². The molecule has 3 rings (SSSR count). The van der Waals surface area contributed by atoms with Crippen molar-refractivity contribution >= 4 is 33.2 Å². The Bertz CT molecular complexity index is 1060. The molecule has 0 aromatic heterocycles. The van der Waals surface area contributed by atoms with E-state index in [2.05, 4.69) is 10.0 Å². The fourth-order valence-corrected chi connectivity index (χ4v) is 3.99. The molecule has 144 valence electrons. The molecule has 2 N–H and O–H groups in total. The molecule has 0 heterocycles. The average Bonchev–Trinajstić information content (AvgIpc) is 2.71. The van der Waals surface area contributed by atoms with E-state index in [9.17, 15) is 13.2 Å². The molecule has 1 amide bonds. The predicted octanol–water partition coefficient (Wildman–Crippen LogP) is 4.11. The third-order valence-corrected chi connectivity index (χ3v) is 5.77. The molecular formula is C21H19ClN2O3S. The van der Waals surface area contributed by atoms with Gasteiger partial charge in [0.2, 0.25) is 0 Å². The number of rotatable bonds is 7. The van der Waals surface area contributed by atoms with E-state index < -0.39 is 10.0 Å². The van der Waals surface area contributed by atoms with Gasteiger partial charge in [-0.25, -0.2) is 8.42 Å². The normalized spacial score (nSPS) is 11.0. The van der Waals surface area contributed by atoms with E-state index in [4.69, 9.17) is 11.6 Å². The molecular weight excluding hydrogens is 396 g/mol. The largest absolute Gasteiger partial charge is 0.352 e. The molecule has 0 aliphatic carbocycles. The van der Waals surface area contributed by atoms with Gasteiger partial charge in [0.25, 0.3) is 15.9 Å². The molecule has 28 heavy (non-hydrogen) atoms. The monoisotopic (exact) mass is 414 g/mol. The van der Waals surface area contributed by atoms with Gasteiger partial charge in [0.15, 0.2) is 0 Å². The summed E-state index contributed by atoms with van der Waals surface area (Å²) >= 11 is 6.19. The minimum absolute atomic E-state index is 0.133. The van der Waals surface area contributed by atoms with Crippen LogP contribution < -0.4 is 10.0 Å². The van der Waals surface area contributed by atoms with E-state index in [0.29, 0.717) is 12.1 Å². The van der Waals surface area contributed by atoms with Gasteiger partial charge < -0.3 is 5.32 Å². The van der Waals surface area contributed by atoms with Gasteiger partial charge in [-0.3, -0.25) is 9.52 Å². The van der Waals surface area contributed by atoms with Crippen molar-refractivity contribution in [3.05, 3.63) is 95.0 Å². The quantitative estimate of drug-likeness (QED) is 0.610. The van der Waals surface area contributed by atoms with Gasteiger partial charge in [-0.1, -0.05) is 60.1 Å². The fourth-order valence-electron chi connectivity index (χ4n) is 2.61. The zero-order chi connectivity index (χ0) is 20.0. The van der Waals surface area contributed by atoms with Gasteiger partial charge in [-0.05, 0) is 42.3 Å². The molecule has 0 saturated carbocycles. The number of benzene rings is 3. The minimum Gasteiger partial charge on any atom is -0.352 e. The molecule has 3 aromatic carbocycles. The summed E-state index contributed by atoms with van der Waals surface area (Å²) in [5.74, 6) is -0.268. The number of sulfonamides is 1. The molecule has 7 heteroatoms. The molecule has 0 bridgehead atoms. The van der Waals surface area contributed by atoms with E-state index in [1.165, 1.54) is 30.3 Å². The zero-order valence-electron chi connectivity index (χ0n) is 14.9. The number of halogens is 1. The van der Waals surface area contributed by atoms with Crippen LogP contribution in [0.1, 0.15) is 15.9 Å². The lowest BCUT2D eigenvalue weighted by Gasteiger charge is -2.11. The van der Waals surface area contributed by atoms with Gasteiger partial charge in [-0.2, -0.15) is 0 Å². The van der Waals surface area contributed by atoms with Gasteiger partial charge in [0.05, 0.1) is 15.6 Å². The summed E-state index contributed by atoms with van der Waals surface area (Å²) in [4.78, 5) is 12.4. The highest BCUT2D eigenvalue weighted by Gasteiger charge is 2.16. The van der Waals surface area contributed by atoms with Crippen LogP contribution in [0.15, 0.2) is 83.8 Å². The Hall–Kier alpha value is -2.83. The van der Waals surface area contributed by atoms with E-state index in [-0.39, 0.29) is 21.5 Å². The van der Waals surface area contributed by atoms with Crippen LogP contribution in [0, 0.1) is 0 Å². The van der Waals surface area contributed by atoms with Crippen LogP contribution in [-0.4, -0.2) is 20.9 Å². The summed E-state index contributed by atoms with van der Waals surface area (Å²) in [6, 6.07) is 22.3. The van der Waals surface area contributed by atoms with Crippen LogP contribution in [-0.2, 0) is 16.4 Å². The first kappa shape index (κ1) is 19.9. The summed E-state index contributed by atoms with van der Waals surface area (Å²) in [7, 11) is -3.75. The number of nitrogens with one attached hydrogen (secondary N) is 2. The van der Waals surface area contributed by atoms with Crippen LogP contribution in [0.2, 0.25) is 5.02 Å². The number of hydrogen-bond donors (Lipinski definition) is 2. The third-order valence-electron chi connectivity index (χ3n) is 4.07. The van der Waals surface area contributed by atoms with Gasteiger partial charge >= 0.3 is 0 Å². The van der Waals surface area contributed by atoms with Crippen molar-refractivity contribution in [2.45, 2.75) is 11.3 Å². The first-order chi connectivity index (χ1) is 13.5. The van der Waals surface area contributed by atoms with Crippen molar-refractivity contribution in [1.29, 1.82) is 0 Å². The average molecular weight is 415 g/mol. The minimum atomic E-state index is -3.75. The highest BCUT2D eigenvalue weighted by atomic mass is 35.5. The van der Waals surface area contributed by atoms with Gasteiger partial charge in [0, 0.05) is 12.1 Å². The Morgan fingerprint density at radius 2 is 1.54 bits per heavy atom. The number of amides is 1. The molecule has 0 radical (unpaired) electrons. The second-order valence-electron chi connectivity index (χ2n) is 6.10. The molecule has 0 aliphatic heterocycles. The van der Waals surface area contributed by atoms with Gasteiger partial charge in [0.1, 0.15) is 0 Å². The smallest absolute Gasteiger partial charge is 0.261 e. The molecule has 0 spiro atoms. The Morgan fingerprint density at radius 3 is 2.18 bits per heavy atom. The Kier molecular flexibility index (Phi) is 6.34. The molecule has 0 saturated heterocycles. The summed E-state index contributed by atoms with van der Waals surface area (Å²) in [5, 5.41) is 2.98. The molecule has 0 fully saturated rings. The fraction of sp³-hybridized carbons (Fsp3) is 0.0952. The van der Waals surface area contributed by atoms with Crippen molar-refractivity contribution in [2.24, 2.45) is 0 Å². The maximum atomic E-state index is 12.4. The van der Waals surface area contributed by atoms with Crippen molar-refractivity contribution < 1.29 is 13.2 Å². The molecule has 0 atom stereocenters. The molecule has 0 unspecified atom stereocenters. The Morgan fingerprint density at radius 1 is 0.893 bits per heavy atom. The van der Waals surface area contributed by atoms with Crippen LogP contribution in [0.25, 0.3) is 0 Å². The molecule has 0 aliphatic rings. The lowest BCUT2D eigenvalue weighted by Crippen LogP contribution is -2.25.